The normalized spacial score (nSPS) is 10.0. The lowest BCUT2D eigenvalue weighted by Gasteiger charge is -2.04. The molecule has 0 saturated carbocycles. The molecular formula is C10H8Cl2O3. The molecule has 1 aromatic carbocycles. The van der Waals surface area contributed by atoms with E-state index in [1.165, 1.54) is 0 Å². The molecule has 1 rings (SSSR count). The van der Waals surface area contributed by atoms with E-state index in [1.807, 2.05) is 0 Å². The van der Waals surface area contributed by atoms with Crippen molar-refractivity contribution in [2.24, 2.45) is 0 Å². The molecule has 5 heteroatoms. The molecular weight excluding hydrogens is 239 g/mol. The van der Waals surface area contributed by atoms with Gasteiger partial charge in [0.25, 0.3) is 0 Å². The van der Waals surface area contributed by atoms with Gasteiger partial charge in [-0.2, -0.15) is 0 Å². The Morgan fingerprint density at radius 1 is 1.13 bits per heavy atom. The summed E-state index contributed by atoms with van der Waals surface area (Å²) in [4.78, 5) is 21.8. The number of hydrogen-bond acceptors (Lipinski definition) is 2. The van der Waals surface area contributed by atoms with Gasteiger partial charge in [0, 0.05) is 6.42 Å². The van der Waals surface area contributed by atoms with Crippen molar-refractivity contribution in [3.63, 3.8) is 0 Å². The summed E-state index contributed by atoms with van der Waals surface area (Å²) >= 11 is 11.6. The number of carbonyl (C=O) groups is 2. The van der Waals surface area contributed by atoms with E-state index in [-0.39, 0.29) is 34.2 Å². The Morgan fingerprint density at radius 3 is 2.13 bits per heavy atom. The number of carboxylic acids is 1. The van der Waals surface area contributed by atoms with E-state index >= 15 is 0 Å². The summed E-state index contributed by atoms with van der Waals surface area (Å²) in [5, 5.41) is 8.93. The fraction of sp³-hybridized carbons (Fsp3) is 0.200. The Hall–Kier alpha value is -1.06. The van der Waals surface area contributed by atoms with Crippen molar-refractivity contribution in [3.05, 3.63) is 33.8 Å². The van der Waals surface area contributed by atoms with Gasteiger partial charge >= 0.3 is 5.97 Å². The number of Topliss-reactive ketones (excluding diaryl/α,β-unsaturated/α-hetero) is 1. The summed E-state index contributed by atoms with van der Waals surface area (Å²) in [6.07, 6.45) is -0.320. The fourth-order valence-corrected chi connectivity index (χ4v) is 1.72. The van der Waals surface area contributed by atoms with Gasteiger partial charge in [0.05, 0.1) is 22.0 Å². The number of ketones is 1. The number of rotatable bonds is 4. The van der Waals surface area contributed by atoms with Crippen LogP contribution in [0.1, 0.15) is 23.2 Å². The molecule has 0 bridgehead atoms. The topological polar surface area (TPSA) is 54.4 Å². The minimum absolute atomic E-state index is 0.0984. The predicted octanol–water partition coefficient (Wildman–Crippen LogP) is 3.04. The highest BCUT2D eigenvalue weighted by Gasteiger charge is 2.15. The highest BCUT2D eigenvalue weighted by molar-refractivity contribution is 6.39. The van der Waals surface area contributed by atoms with Crippen LogP contribution in [0.25, 0.3) is 0 Å². The molecule has 3 nitrogen and oxygen atoms in total. The lowest BCUT2D eigenvalue weighted by Crippen LogP contribution is -2.05. The van der Waals surface area contributed by atoms with E-state index in [9.17, 15) is 9.59 Å². The van der Waals surface area contributed by atoms with Gasteiger partial charge in [0.2, 0.25) is 0 Å². The number of hydrogen-bond donors (Lipinski definition) is 1. The van der Waals surface area contributed by atoms with Gasteiger partial charge in [-0.25, -0.2) is 0 Å². The highest BCUT2D eigenvalue weighted by Crippen LogP contribution is 2.25. The van der Waals surface area contributed by atoms with Crippen molar-refractivity contribution in [2.45, 2.75) is 12.8 Å². The number of aliphatic carboxylic acids is 1. The molecule has 0 radical (unpaired) electrons. The van der Waals surface area contributed by atoms with Crippen LogP contribution in [-0.2, 0) is 4.79 Å². The molecule has 15 heavy (non-hydrogen) atoms. The summed E-state index contributed by atoms with van der Waals surface area (Å²) in [6, 6.07) is 4.71. The second-order valence-corrected chi connectivity index (χ2v) is 3.73. The summed E-state index contributed by atoms with van der Waals surface area (Å²) < 4.78 is 0. The quantitative estimate of drug-likeness (QED) is 0.832. The van der Waals surface area contributed by atoms with Crippen molar-refractivity contribution in [2.75, 3.05) is 0 Å². The molecule has 0 aliphatic heterocycles. The third-order valence-electron chi connectivity index (χ3n) is 1.81. The second-order valence-electron chi connectivity index (χ2n) is 2.91. The van der Waals surface area contributed by atoms with Gasteiger partial charge in [-0.1, -0.05) is 29.3 Å². The summed E-state index contributed by atoms with van der Waals surface area (Å²) in [5.41, 5.74) is 0.196. The zero-order valence-electron chi connectivity index (χ0n) is 7.67. The highest BCUT2D eigenvalue weighted by atomic mass is 35.5. The second kappa shape index (κ2) is 5.14. The molecule has 0 spiro atoms. The van der Waals surface area contributed by atoms with Crippen LogP contribution in [0, 0.1) is 0 Å². The molecule has 1 aromatic rings. The van der Waals surface area contributed by atoms with E-state index in [1.54, 1.807) is 18.2 Å². The first-order chi connectivity index (χ1) is 7.02. The lowest BCUT2D eigenvalue weighted by atomic mass is 10.1. The lowest BCUT2D eigenvalue weighted by molar-refractivity contribution is -0.136. The molecule has 0 saturated heterocycles. The molecule has 0 unspecified atom stereocenters. The zero-order chi connectivity index (χ0) is 11.4. The Balaban J connectivity index is 2.86. The molecule has 80 valence electrons. The van der Waals surface area contributed by atoms with Gasteiger partial charge in [-0.15, -0.1) is 0 Å². The molecule has 1 N–H and O–H groups in total. The number of halogens is 2. The van der Waals surface area contributed by atoms with Crippen LogP contribution < -0.4 is 0 Å². The van der Waals surface area contributed by atoms with Crippen LogP contribution in [0.5, 0.6) is 0 Å². The number of benzene rings is 1. The molecule has 0 fully saturated rings. The average Bonchev–Trinajstić information content (AvgIpc) is 2.14. The summed E-state index contributed by atoms with van der Waals surface area (Å²) in [5.74, 6) is -1.38. The first-order valence-corrected chi connectivity index (χ1v) is 4.97. The Labute approximate surface area is 96.6 Å². The maximum Gasteiger partial charge on any atom is 0.303 e. The predicted molar refractivity (Wildman–Crippen MR) is 57.7 cm³/mol. The van der Waals surface area contributed by atoms with Crippen molar-refractivity contribution in [1.82, 2.24) is 0 Å². The van der Waals surface area contributed by atoms with Crippen LogP contribution >= 0.6 is 23.2 Å². The largest absolute Gasteiger partial charge is 0.481 e. The van der Waals surface area contributed by atoms with Gasteiger partial charge in [-0.3, -0.25) is 9.59 Å². The maximum atomic E-state index is 11.6. The van der Waals surface area contributed by atoms with Crippen LogP contribution in [0.15, 0.2) is 18.2 Å². The standard InChI is InChI=1S/C10H8Cl2O3/c11-6-2-1-3-7(12)10(6)8(13)4-5-9(14)15/h1-3H,4-5H2,(H,14,15). The van der Waals surface area contributed by atoms with Crippen molar-refractivity contribution in [3.8, 4) is 0 Å². The summed E-state index contributed by atoms with van der Waals surface area (Å²) in [6.45, 7) is 0. The smallest absolute Gasteiger partial charge is 0.303 e. The average molecular weight is 247 g/mol. The molecule has 0 atom stereocenters. The van der Waals surface area contributed by atoms with Crippen LogP contribution in [-0.4, -0.2) is 16.9 Å². The van der Waals surface area contributed by atoms with Gasteiger partial charge in [0.15, 0.2) is 5.78 Å². The van der Waals surface area contributed by atoms with Crippen molar-refractivity contribution >= 4 is 35.0 Å². The molecule has 0 aromatic heterocycles. The molecule has 0 aliphatic carbocycles. The maximum absolute atomic E-state index is 11.6. The Kier molecular flexibility index (Phi) is 4.12. The minimum atomic E-state index is -1.02. The summed E-state index contributed by atoms with van der Waals surface area (Å²) in [7, 11) is 0. The first-order valence-electron chi connectivity index (χ1n) is 4.21. The van der Waals surface area contributed by atoms with Crippen LogP contribution in [0.4, 0.5) is 0 Å². The first kappa shape index (κ1) is 12.0. The van der Waals surface area contributed by atoms with Gasteiger partial charge in [0.1, 0.15) is 0 Å². The molecule has 0 aliphatic rings. The number of carbonyl (C=O) groups excluding carboxylic acids is 1. The third-order valence-corrected chi connectivity index (χ3v) is 2.44. The van der Waals surface area contributed by atoms with E-state index in [0.717, 1.165) is 0 Å². The minimum Gasteiger partial charge on any atom is -0.481 e. The van der Waals surface area contributed by atoms with E-state index in [2.05, 4.69) is 0 Å². The van der Waals surface area contributed by atoms with Gasteiger partial charge in [-0.05, 0) is 12.1 Å². The third kappa shape index (κ3) is 3.22. The Bertz CT molecular complexity index is 381. The number of carboxylic acid groups (broad SMARTS) is 1. The monoisotopic (exact) mass is 246 g/mol. The Morgan fingerprint density at radius 2 is 1.67 bits per heavy atom. The van der Waals surface area contributed by atoms with E-state index < -0.39 is 5.97 Å². The van der Waals surface area contributed by atoms with Crippen LogP contribution in [0.2, 0.25) is 10.0 Å². The zero-order valence-corrected chi connectivity index (χ0v) is 9.18. The molecule has 0 amide bonds. The van der Waals surface area contributed by atoms with E-state index in [0.29, 0.717) is 0 Å². The SMILES string of the molecule is O=C(O)CCC(=O)c1c(Cl)cccc1Cl. The van der Waals surface area contributed by atoms with Crippen LogP contribution in [0.3, 0.4) is 0 Å². The van der Waals surface area contributed by atoms with Gasteiger partial charge < -0.3 is 5.11 Å². The van der Waals surface area contributed by atoms with E-state index in [4.69, 9.17) is 28.3 Å². The van der Waals surface area contributed by atoms with Crippen molar-refractivity contribution in [1.29, 1.82) is 0 Å². The molecule has 0 heterocycles. The fourth-order valence-electron chi connectivity index (χ4n) is 1.11. The van der Waals surface area contributed by atoms with Crippen molar-refractivity contribution < 1.29 is 14.7 Å².